The molecule has 0 spiro atoms. The van der Waals surface area contributed by atoms with E-state index >= 15 is 0 Å². The number of ether oxygens (including phenoxy) is 1. The first-order valence-corrected chi connectivity index (χ1v) is 9.70. The van der Waals surface area contributed by atoms with E-state index in [1.807, 2.05) is 18.2 Å². The summed E-state index contributed by atoms with van der Waals surface area (Å²) in [6.45, 7) is 0. The van der Waals surface area contributed by atoms with E-state index in [0.717, 1.165) is 10.4 Å². The van der Waals surface area contributed by atoms with Crippen LogP contribution in [0.3, 0.4) is 0 Å². The van der Waals surface area contributed by atoms with Crippen molar-refractivity contribution < 1.29 is 14.6 Å². The fourth-order valence-electron chi connectivity index (χ4n) is 2.94. The van der Waals surface area contributed by atoms with Crippen LogP contribution in [0.4, 0.5) is 0 Å². The first-order chi connectivity index (χ1) is 14.0. The van der Waals surface area contributed by atoms with Crippen LogP contribution < -0.4 is 10.3 Å². The summed E-state index contributed by atoms with van der Waals surface area (Å²) in [5, 5.41) is 17.8. The minimum Gasteiger partial charge on any atom is -0.496 e. The quantitative estimate of drug-likeness (QED) is 0.520. The second-order valence-electron chi connectivity index (χ2n) is 6.20. The summed E-state index contributed by atoms with van der Waals surface area (Å²) in [4.78, 5) is 24.9. The van der Waals surface area contributed by atoms with Crippen molar-refractivity contribution in [1.29, 1.82) is 0 Å². The Morgan fingerprint density at radius 3 is 2.66 bits per heavy atom. The molecule has 0 saturated carbocycles. The van der Waals surface area contributed by atoms with Crippen LogP contribution in [-0.2, 0) is 11.2 Å². The van der Waals surface area contributed by atoms with Gasteiger partial charge in [-0.3, -0.25) is 9.59 Å². The Morgan fingerprint density at radius 2 is 1.97 bits per heavy atom. The van der Waals surface area contributed by atoms with Gasteiger partial charge in [-0.05, 0) is 29.8 Å². The number of fused-ring (bicyclic) bond motifs is 1. The summed E-state index contributed by atoms with van der Waals surface area (Å²) in [6.07, 6.45) is -0.182. The third-order valence-electron chi connectivity index (χ3n) is 4.33. The number of nitrogens with zero attached hydrogens (tertiary/aromatic N) is 3. The number of aromatic nitrogens is 3. The van der Waals surface area contributed by atoms with Crippen LogP contribution in [0.25, 0.3) is 26.3 Å². The standard InChI is InChI=1S/C20H14ClN3O4S/c1-28-16-9-14(7-4-12(16)8-18(25)26)24-20(27)19-15(22-23-24)10-17(29-19)11-2-5-13(21)6-3-11/h2-7,9-10H,8H2,1H3,(H,25,26). The second-order valence-corrected chi connectivity index (χ2v) is 7.69. The van der Waals surface area contributed by atoms with Gasteiger partial charge in [0, 0.05) is 21.5 Å². The predicted octanol–water partition coefficient (Wildman–Crippen LogP) is 3.80. The molecular formula is C20H14ClN3O4S. The molecule has 0 bridgehead atoms. The molecule has 7 nitrogen and oxygen atoms in total. The van der Waals surface area contributed by atoms with Crippen molar-refractivity contribution in [2.24, 2.45) is 0 Å². The number of carbonyl (C=O) groups is 1. The van der Waals surface area contributed by atoms with E-state index in [9.17, 15) is 9.59 Å². The maximum Gasteiger partial charge on any atom is 0.307 e. The van der Waals surface area contributed by atoms with Crippen LogP contribution in [0.5, 0.6) is 5.75 Å². The van der Waals surface area contributed by atoms with E-state index < -0.39 is 5.97 Å². The molecule has 0 amide bonds. The van der Waals surface area contributed by atoms with Gasteiger partial charge < -0.3 is 9.84 Å². The zero-order valence-corrected chi connectivity index (χ0v) is 16.7. The van der Waals surface area contributed by atoms with Gasteiger partial charge >= 0.3 is 5.97 Å². The number of rotatable bonds is 5. The number of halogens is 1. The number of carboxylic acids is 1. The van der Waals surface area contributed by atoms with Gasteiger partial charge in [0.2, 0.25) is 0 Å². The van der Waals surface area contributed by atoms with E-state index in [0.29, 0.717) is 32.2 Å². The molecule has 4 rings (SSSR count). The minimum absolute atomic E-state index is 0.182. The molecule has 0 aliphatic rings. The lowest BCUT2D eigenvalue weighted by molar-refractivity contribution is -0.136. The number of thiophene rings is 1. The van der Waals surface area contributed by atoms with Crippen LogP contribution >= 0.6 is 22.9 Å². The second kappa shape index (κ2) is 7.65. The molecule has 2 aromatic heterocycles. The van der Waals surface area contributed by atoms with Crippen molar-refractivity contribution in [3.8, 4) is 21.9 Å². The SMILES string of the molecule is COc1cc(-n2nnc3cc(-c4ccc(Cl)cc4)sc3c2=O)ccc1CC(=O)O. The summed E-state index contributed by atoms with van der Waals surface area (Å²) < 4.78 is 6.92. The van der Waals surface area contributed by atoms with Gasteiger partial charge in [-0.1, -0.05) is 35.0 Å². The molecule has 0 atom stereocenters. The number of carboxylic acid groups (broad SMARTS) is 1. The van der Waals surface area contributed by atoms with Crippen molar-refractivity contribution in [3.05, 3.63) is 69.5 Å². The van der Waals surface area contributed by atoms with Gasteiger partial charge in [0.25, 0.3) is 5.56 Å². The highest BCUT2D eigenvalue weighted by Crippen LogP contribution is 2.31. The minimum atomic E-state index is -0.970. The van der Waals surface area contributed by atoms with Gasteiger partial charge in [-0.2, -0.15) is 4.68 Å². The van der Waals surface area contributed by atoms with Gasteiger partial charge in [0.05, 0.1) is 19.2 Å². The number of aliphatic carboxylic acids is 1. The van der Waals surface area contributed by atoms with Crippen molar-refractivity contribution in [2.75, 3.05) is 7.11 Å². The monoisotopic (exact) mass is 427 g/mol. The lowest BCUT2D eigenvalue weighted by Crippen LogP contribution is -2.21. The average molecular weight is 428 g/mol. The molecule has 0 radical (unpaired) electrons. The van der Waals surface area contributed by atoms with Gasteiger partial charge in [0.1, 0.15) is 16.0 Å². The van der Waals surface area contributed by atoms with E-state index in [4.69, 9.17) is 21.4 Å². The van der Waals surface area contributed by atoms with Gasteiger partial charge in [-0.15, -0.1) is 16.4 Å². The largest absolute Gasteiger partial charge is 0.496 e. The Kier molecular flexibility index (Phi) is 5.04. The van der Waals surface area contributed by atoms with Crippen molar-refractivity contribution >= 4 is 39.1 Å². The third-order valence-corrected chi connectivity index (χ3v) is 5.74. The smallest absolute Gasteiger partial charge is 0.307 e. The summed E-state index contributed by atoms with van der Waals surface area (Å²) in [5.74, 6) is -0.602. The topological polar surface area (TPSA) is 94.3 Å². The Hall–Kier alpha value is -3.23. The van der Waals surface area contributed by atoms with Crippen LogP contribution in [0.1, 0.15) is 5.56 Å². The molecule has 146 valence electrons. The lowest BCUT2D eigenvalue weighted by Gasteiger charge is -2.09. The molecule has 4 aromatic rings. The van der Waals surface area contributed by atoms with Crippen LogP contribution in [0.2, 0.25) is 5.02 Å². The van der Waals surface area contributed by atoms with Crippen molar-refractivity contribution in [3.63, 3.8) is 0 Å². The summed E-state index contributed by atoms with van der Waals surface area (Å²) in [6, 6.07) is 14.0. The summed E-state index contributed by atoms with van der Waals surface area (Å²) in [5.41, 5.74) is 2.08. The van der Waals surface area contributed by atoms with E-state index in [-0.39, 0.29) is 12.0 Å². The predicted molar refractivity (Wildman–Crippen MR) is 111 cm³/mol. The third kappa shape index (κ3) is 3.72. The molecule has 0 aliphatic carbocycles. The molecule has 0 unspecified atom stereocenters. The molecule has 2 heterocycles. The Labute approximate surface area is 173 Å². The molecule has 9 heteroatoms. The van der Waals surface area contributed by atoms with Crippen LogP contribution in [0, 0.1) is 0 Å². The molecule has 0 aliphatic heterocycles. The summed E-state index contributed by atoms with van der Waals surface area (Å²) in [7, 11) is 1.44. The van der Waals surface area contributed by atoms with E-state index in [2.05, 4.69) is 10.3 Å². The highest BCUT2D eigenvalue weighted by molar-refractivity contribution is 7.22. The Morgan fingerprint density at radius 1 is 1.21 bits per heavy atom. The molecular weight excluding hydrogens is 414 g/mol. The van der Waals surface area contributed by atoms with Gasteiger partial charge in [-0.25, -0.2) is 0 Å². The number of hydrogen-bond donors (Lipinski definition) is 1. The maximum atomic E-state index is 13.0. The first-order valence-electron chi connectivity index (χ1n) is 8.51. The highest BCUT2D eigenvalue weighted by atomic mass is 35.5. The molecule has 0 saturated heterocycles. The highest BCUT2D eigenvalue weighted by Gasteiger charge is 2.15. The van der Waals surface area contributed by atoms with E-state index in [1.54, 1.807) is 30.3 Å². The number of benzene rings is 2. The molecule has 2 aromatic carbocycles. The number of hydrogen-bond acceptors (Lipinski definition) is 6. The number of methoxy groups -OCH3 is 1. The molecule has 1 N–H and O–H groups in total. The normalized spacial score (nSPS) is 11.0. The maximum absolute atomic E-state index is 13.0. The molecule has 29 heavy (non-hydrogen) atoms. The van der Waals surface area contributed by atoms with Crippen LogP contribution in [0.15, 0.2) is 53.3 Å². The molecule has 0 fully saturated rings. The van der Waals surface area contributed by atoms with Gasteiger partial charge in [0.15, 0.2) is 0 Å². The van der Waals surface area contributed by atoms with E-state index in [1.165, 1.54) is 23.1 Å². The Bertz CT molecular complexity index is 1280. The van der Waals surface area contributed by atoms with Crippen LogP contribution in [-0.4, -0.2) is 33.2 Å². The van der Waals surface area contributed by atoms with Crippen molar-refractivity contribution in [1.82, 2.24) is 15.0 Å². The average Bonchev–Trinajstić information content (AvgIpc) is 3.14. The fourth-order valence-corrected chi connectivity index (χ4v) is 4.09. The Balaban J connectivity index is 1.79. The van der Waals surface area contributed by atoms with Crippen molar-refractivity contribution in [2.45, 2.75) is 6.42 Å². The first kappa shape index (κ1) is 19.1. The zero-order valence-electron chi connectivity index (χ0n) is 15.1. The fraction of sp³-hybridized carbons (Fsp3) is 0.100. The summed E-state index contributed by atoms with van der Waals surface area (Å²) >= 11 is 7.27. The zero-order chi connectivity index (χ0) is 20.5. The lowest BCUT2D eigenvalue weighted by atomic mass is 10.1.